The molecule has 230 valence electrons. The van der Waals surface area contributed by atoms with E-state index >= 15 is 0 Å². The number of para-hydroxylation sites is 1. The number of unbranched alkanes of at least 4 members (excludes halogenated alkanes) is 2. The van der Waals surface area contributed by atoms with Crippen molar-refractivity contribution in [2.75, 3.05) is 51.7 Å². The summed E-state index contributed by atoms with van der Waals surface area (Å²) in [7, 11) is 1.67. The molecule has 0 atom stereocenters. The van der Waals surface area contributed by atoms with E-state index in [0.29, 0.717) is 13.1 Å². The van der Waals surface area contributed by atoms with Crippen LogP contribution in [0.1, 0.15) is 37.7 Å². The summed E-state index contributed by atoms with van der Waals surface area (Å²) >= 11 is 0. The van der Waals surface area contributed by atoms with Crippen molar-refractivity contribution in [1.82, 2.24) is 20.9 Å². The zero-order valence-electron chi connectivity index (χ0n) is 25.1. The van der Waals surface area contributed by atoms with E-state index in [1.807, 2.05) is 66.7 Å². The molecule has 1 heterocycles. The number of piperidine rings is 1. The molecular formula is C34H45N5O4. The highest BCUT2D eigenvalue weighted by atomic mass is 16.6. The van der Waals surface area contributed by atoms with Crippen molar-refractivity contribution in [2.24, 2.45) is 0 Å². The summed E-state index contributed by atoms with van der Waals surface area (Å²) in [5, 5.41) is 12.3. The van der Waals surface area contributed by atoms with Crippen molar-refractivity contribution in [3.63, 3.8) is 0 Å². The van der Waals surface area contributed by atoms with E-state index in [0.717, 1.165) is 87.4 Å². The monoisotopic (exact) mass is 587 g/mol. The molecule has 3 amide bonds. The molecule has 0 aliphatic carbocycles. The number of hydrogen-bond acceptors (Lipinski definition) is 6. The van der Waals surface area contributed by atoms with Crippen LogP contribution in [-0.4, -0.2) is 69.5 Å². The van der Waals surface area contributed by atoms with Gasteiger partial charge in [-0.05, 0) is 61.6 Å². The Morgan fingerprint density at radius 2 is 1.51 bits per heavy atom. The third-order valence-corrected chi connectivity index (χ3v) is 7.57. The van der Waals surface area contributed by atoms with Gasteiger partial charge in [-0.2, -0.15) is 0 Å². The summed E-state index contributed by atoms with van der Waals surface area (Å²) < 4.78 is 10.9. The predicted octanol–water partition coefficient (Wildman–Crippen LogP) is 5.63. The Morgan fingerprint density at radius 3 is 2.28 bits per heavy atom. The molecule has 0 unspecified atom stereocenters. The number of carbonyl (C=O) groups excluding carboxylic acids is 2. The number of anilines is 1. The molecule has 0 radical (unpaired) electrons. The van der Waals surface area contributed by atoms with E-state index in [1.165, 1.54) is 5.56 Å². The summed E-state index contributed by atoms with van der Waals surface area (Å²) in [5.74, 6) is 0.871. The van der Waals surface area contributed by atoms with Gasteiger partial charge in [-0.25, -0.2) is 9.59 Å². The van der Waals surface area contributed by atoms with Gasteiger partial charge < -0.3 is 30.3 Å². The first-order valence-electron chi connectivity index (χ1n) is 15.3. The highest BCUT2D eigenvalue weighted by Gasteiger charge is 2.22. The van der Waals surface area contributed by atoms with Crippen LogP contribution in [0.15, 0.2) is 78.9 Å². The van der Waals surface area contributed by atoms with Crippen LogP contribution in [0, 0.1) is 0 Å². The van der Waals surface area contributed by atoms with Crippen LogP contribution in [-0.2, 0) is 11.3 Å². The van der Waals surface area contributed by atoms with Crippen molar-refractivity contribution < 1.29 is 19.1 Å². The maximum atomic E-state index is 12.6. The zero-order valence-corrected chi connectivity index (χ0v) is 25.1. The minimum atomic E-state index is -0.426. The molecule has 1 saturated heterocycles. The van der Waals surface area contributed by atoms with E-state index in [4.69, 9.17) is 9.47 Å². The van der Waals surface area contributed by atoms with E-state index < -0.39 is 6.09 Å². The number of hydrogen-bond donors (Lipinski definition) is 4. The van der Waals surface area contributed by atoms with Crippen molar-refractivity contribution in [1.29, 1.82) is 0 Å². The summed E-state index contributed by atoms with van der Waals surface area (Å²) in [4.78, 5) is 27.1. The molecule has 3 aromatic rings. The highest BCUT2D eigenvalue weighted by molar-refractivity contribution is 5.91. The van der Waals surface area contributed by atoms with Gasteiger partial charge in [0.05, 0.1) is 12.8 Å². The smallest absolute Gasteiger partial charge is 0.411 e. The fourth-order valence-electron chi connectivity index (χ4n) is 5.12. The SMILES string of the molecule is COc1ccc(CNCCCCCNC(=O)NCCN2CCC(OC(=O)Nc3ccccc3-c3ccccc3)CC2)cc1. The number of urea groups is 1. The Labute approximate surface area is 255 Å². The van der Waals surface area contributed by atoms with Crippen LogP contribution in [0.5, 0.6) is 5.75 Å². The molecule has 9 nitrogen and oxygen atoms in total. The molecule has 1 aliphatic heterocycles. The highest BCUT2D eigenvalue weighted by Crippen LogP contribution is 2.28. The van der Waals surface area contributed by atoms with Crippen LogP contribution in [0.2, 0.25) is 0 Å². The second-order valence-electron chi connectivity index (χ2n) is 10.8. The first-order chi connectivity index (χ1) is 21.1. The molecule has 9 heteroatoms. The second-order valence-corrected chi connectivity index (χ2v) is 10.8. The largest absolute Gasteiger partial charge is 0.497 e. The van der Waals surface area contributed by atoms with Gasteiger partial charge in [-0.1, -0.05) is 67.1 Å². The maximum absolute atomic E-state index is 12.6. The molecule has 3 aromatic carbocycles. The molecule has 0 bridgehead atoms. The van der Waals surface area contributed by atoms with E-state index in [2.05, 4.69) is 38.3 Å². The number of amides is 3. The van der Waals surface area contributed by atoms with Gasteiger partial charge in [0.1, 0.15) is 11.9 Å². The van der Waals surface area contributed by atoms with Crippen LogP contribution in [0.3, 0.4) is 0 Å². The minimum Gasteiger partial charge on any atom is -0.497 e. The lowest BCUT2D eigenvalue weighted by molar-refractivity contribution is 0.0594. The van der Waals surface area contributed by atoms with E-state index in [9.17, 15) is 9.59 Å². The summed E-state index contributed by atoms with van der Waals surface area (Å²) in [5.41, 5.74) is 3.97. The quantitative estimate of drug-likeness (QED) is 0.172. The Hall–Kier alpha value is -4.08. The van der Waals surface area contributed by atoms with Crippen molar-refractivity contribution in [2.45, 2.75) is 44.8 Å². The van der Waals surface area contributed by atoms with Gasteiger partial charge in [0.15, 0.2) is 0 Å². The molecular weight excluding hydrogens is 542 g/mol. The first kappa shape index (κ1) is 31.8. The molecule has 0 aromatic heterocycles. The van der Waals surface area contributed by atoms with Gasteiger partial charge in [0.2, 0.25) is 0 Å². The van der Waals surface area contributed by atoms with Gasteiger partial charge in [-0.15, -0.1) is 0 Å². The van der Waals surface area contributed by atoms with E-state index in [-0.39, 0.29) is 12.1 Å². The lowest BCUT2D eigenvalue weighted by Crippen LogP contribution is -2.44. The number of rotatable bonds is 15. The average Bonchev–Trinajstić information content (AvgIpc) is 3.04. The Kier molecular flexibility index (Phi) is 13.2. The predicted molar refractivity (Wildman–Crippen MR) is 171 cm³/mol. The molecule has 4 N–H and O–H groups in total. The van der Waals surface area contributed by atoms with Crippen LogP contribution < -0.4 is 26.0 Å². The molecule has 4 rings (SSSR count). The average molecular weight is 588 g/mol. The molecule has 0 spiro atoms. The lowest BCUT2D eigenvalue weighted by atomic mass is 10.0. The third kappa shape index (κ3) is 11.3. The normalized spacial score (nSPS) is 13.7. The van der Waals surface area contributed by atoms with E-state index in [1.54, 1.807) is 7.11 Å². The molecule has 43 heavy (non-hydrogen) atoms. The van der Waals surface area contributed by atoms with Crippen LogP contribution in [0.25, 0.3) is 11.1 Å². The first-order valence-corrected chi connectivity index (χ1v) is 15.3. The fourth-order valence-corrected chi connectivity index (χ4v) is 5.12. The minimum absolute atomic E-state index is 0.117. The summed E-state index contributed by atoms with van der Waals surface area (Å²) in [6.07, 6.45) is 4.09. The number of nitrogens with one attached hydrogen (secondary N) is 4. The summed E-state index contributed by atoms with van der Waals surface area (Å²) in [6, 6.07) is 25.7. The summed E-state index contributed by atoms with van der Waals surface area (Å²) in [6.45, 7) is 5.48. The maximum Gasteiger partial charge on any atom is 0.411 e. The topological polar surface area (TPSA) is 104 Å². The van der Waals surface area contributed by atoms with Gasteiger partial charge in [0.25, 0.3) is 0 Å². The van der Waals surface area contributed by atoms with Crippen LogP contribution >= 0.6 is 0 Å². The second kappa shape index (κ2) is 17.8. The number of benzene rings is 3. The number of nitrogens with zero attached hydrogens (tertiary/aromatic N) is 1. The molecule has 1 fully saturated rings. The Morgan fingerprint density at radius 1 is 0.814 bits per heavy atom. The van der Waals surface area contributed by atoms with Gasteiger partial charge in [0, 0.05) is 44.8 Å². The van der Waals surface area contributed by atoms with Crippen molar-refractivity contribution in [3.8, 4) is 16.9 Å². The standard InChI is InChI=1S/C34H45N5O4/c1-42-29-16-14-27(15-17-29)26-35-20-8-3-9-21-36-33(40)37-22-25-39-23-18-30(19-24-39)43-34(41)38-32-13-7-6-12-31(32)28-10-4-2-5-11-28/h2,4-7,10-17,30,35H,3,8-9,18-26H2,1H3,(H,38,41)(H2,36,37,40). The van der Waals surface area contributed by atoms with Gasteiger partial charge >= 0.3 is 12.1 Å². The zero-order chi connectivity index (χ0) is 30.1. The molecule has 1 aliphatic rings. The van der Waals surface area contributed by atoms with Crippen molar-refractivity contribution in [3.05, 3.63) is 84.4 Å². The Bertz CT molecular complexity index is 1250. The fraction of sp³-hybridized carbons (Fsp3) is 0.412. The van der Waals surface area contributed by atoms with Crippen LogP contribution in [0.4, 0.5) is 15.3 Å². The lowest BCUT2D eigenvalue weighted by Gasteiger charge is -2.31. The molecule has 0 saturated carbocycles. The third-order valence-electron chi connectivity index (χ3n) is 7.57. The number of ether oxygens (including phenoxy) is 2. The number of methoxy groups -OCH3 is 1. The van der Waals surface area contributed by atoms with Gasteiger partial charge in [-0.3, -0.25) is 5.32 Å². The number of carbonyl (C=O) groups is 2. The van der Waals surface area contributed by atoms with Crippen molar-refractivity contribution >= 4 is 17.8 Å². The Balaban J connectivity index is 1.00. The number of likely N-dealkylation sites (tertiary alicyclic amines) is 1.